The molecule has 134 valence electrons. The van der Waals surface area contributed by atoms with Crippen molar-refractivity contribution in [3.8, 4) is 5.75 Å². The number of rotatable bonds is 8. The number of phenolic OH excluding ortho intramolecular Hbond substituents is 1. The summed E-state index contributed by atoms with van der Waals surface area (Å²) in [5.41, 5.74) is 8.36. The van der Waals surface area contributed by atoms with Crippen LogP contribution in [0.4, 0.5) is 4.39 Å². The van der Waals surface area contributed by atoms with E-state index < -0.39 is 5.82 Å². The van der Waals surface area contributed by atoms with Gasteiger partial charge in [0.1, 0.15) is 11.6 Å². The molecule has 0 heterocycles. The van der Waals surface area contributed by atoms with Crippen LogP contribution in [0.3, 0.4) is 0 Å². The second-order valence-corrected chi connectivity index (χ2v) is 7.23. The van der Waals surface area contributed by atoms with Crippen LogP contribution in [0.15, 0.2) is 42.2 Å². The molecule has 4 N–H and O–H groups in total. The Morgan fingerprint density at radius 3 is 2.64 bits per heavy atom. The van der Waals surface area contributed by atoms with E-state index >= 15 is 0 Å². The maximum Gasteiger partial charge on any atom is 0.131 e. The minimum Gasteiger partial charge on any atom is -0.508 e. The Morgan fingerprint density at radius 2 is 2.08 bits per heavy atom. The number of halogens is 1. The van der Waals surface area contributed by atoms with Crippen LogP contribution in [0.2, 0.25) is 0 Å². The fraction of sp³-hybridized carbons (Fsp3) is 0.450. The van der Waals surface area contributed by atoms with E-state index in [0.29, 0.717) is 41.0 Å². The summed E-state index contributed by atoms with van der Waals surface area (Å²) in [5.74, 6) is 0.399. The molecule has 2 aliphatic rings. The molecule has 5 heteroatoms. The predicted octanol–water partition coefficient (Wildman–Crippen LogP) is 3.92. The van der Waals surface area contributed by atoms with Crippen molar-refractivity contribution in [3.63, 3.8) is 0 Å². The third-order valence-corrected chi connectivity index (χ3v) is 5.14. The second kappa shape index (κ2) is 7.30. The number of hydrogen-bond donors (Lipinski definition) is 3. The highest BCUT2D eigenvalue weighted by molar-refractivity contribution is 5.96. The highest BCUT2D eigenvalue weighted by Crippen LogP contribution is 2.32. The quantitative estimate of drug-likeness (QED) is 0.495. The van der Waals surface area contributed by atoms with E-state index in [0.717, 1.165) is 25.5 Å². The average Bonchev–Trinajstić information content (AvgIpc) is 3.35. The Balaban J connectivity index is 1.75. The molecule has 2 aliphatic carbocycles. The van der Waals surface area contributed by atoms with Gasteiger partial charge < -0.3 is 21.1 Å². The van der Waals surface area contributed by atoms with E-state index in [4.69, 9.17) is 11.1 Å². The summed E-state index contributed by atoms with van der Waals surface area (Å²) >= 11 is 0. The van der Waals surface area contributed by atoms with Crippen molar-refractivity contribution in [2.45, 2.75) is 38.6 Å². The molecule has 3 rings (SSSR count). The number of phenols is 1. The minimum absolute atomic E-state index is 0.0806. The minimum atomic E-state index is -0.431. The fourth-order valence-corrected chi connectivity index (χ4v) is 3.07. The summed E-state index contributed by atoms with van der Waals surface area (Å²) < 4.78 is 14.1. The molecule has 0 aliphatic heterocycles. The summed E-state index contributed by atoms with van der Waals surface area (Å²) in [5, 5.41) is 17.4. The van der Waals surface area contributed by atoms with E-state index in [-0.39, 0.29) is 5.75 Å². The van der Waals surface area contributed by atoms with Gasteiger partial charge in [-0.1, -0.05) is 19.1 Å². The normalized spacial score (nSPS) is 17.9. The molecular formula is C20H26FN3O. The lowest BCUT2D eigenvalue weighted by Crippen LogP contribution is -2.33. The fourth-order valence-electron chi connectivity index (χ4n) is 3.07. The van der Waals surface area contributed by atoms with E-state index in [1.807, 2.05) is 4.90 Å². The van der Waals surface area contributed by atoms with Crippen molar-refractivity contribution < 1.29 is 9.50 Å². The van der Waals surface area contributed by atoms with Gasteiger partial charge in [0.25, 0.3) is 0 Å². The topological polar surface area (TPSA) is 73.3 Å². The molecule has 0 aromatic heterocycles. The molecule has 0 bridgehead atoms. The van der Waals surface area contributed by atoms with E-state index in [2.05, 4.69) is 6.58 Å². The van der Waals surface area contributed by atoms with Crippen LogP contribution in [0, 0.1) is 23.1 Å². The molecule has 0 unspecified atom stereocenters. The zero-order valence-corrected chi connectivity index (χ0v) is 14.5. The van der Waals surface area contributed by atoms with Gasteiger partial charge >= 0.3 is 0 Å². The highest BCUT2D eigenvalue weighted by atomic mass is 19.1. The molecule has 0 amide bonds. The molecular weight excluding hydrogens is 317 g/mol. The Morgan fingerprint density at radius 1 is 1.36 bits per heavy atom. The van der Waals surface area contributed by atoms with Crippen molar-refractivity contribution in [1.29, 1.82) is 5.41 Å². The van der Waals surface area contributed by atoms with Crippen LogP contribution in [-0.4, -0.2) is 22.3 Å². The molecule has 0 radical (unpaired) electrons. The summed E-state index contributed by atoms with van der Waals surface area (Å²) in [4.78, 5) is 2.01. The molecule has 1 aromatic carbocycles. The van der Waals surface area contributed by atoms with Crippen LogP contribution >= 0.6 is 0 Å². The summed E-state index contributed by atoms with van der Waals surface area (Å²) in [6.07, 6.45) is 7.38. The summed E-state index contributed by atoms with van der Waals surface area (Å²) in [6.45, 7) is 5.24. The molecule has 0 atom stereocenters. The van der Waals surface area contributed by atoms with Gasteiger partial charge in [0, 0.05) is 36.3 Å². The Labute approximate surface area is 148 Å². The van der Waals surface area contributed by atoms with Gasteiger partial charge in [-0.3, -0.25) is 0 Å². The smallest absolute Gasteiger partial charge is 0.131 e. The van der Waals surface area contributed by atoms with E-state index in [9.17, 15) is 9.50 Å². The van der Waals surface area contributed by atoms with Crippen molar-refractivity contribution in [2.24, 2.45) is 17.6 Å². The van der Waals surface area contributed by atoms with Crippen molar-refractivity contribution in [2.75, 3.05) is 6.54 Å². The largest absolute Gasteiger partial charge is 0.508 e. The Bertz CT molecular complexity index is 705. The SMILES string of the molecule is C=C(/C(N)=C/C(=N)C1CC1)N(Cc1ccc(O)cc1F)CC1CCC1. The van der Waals surface area contributed by atoms with Crippen molar-refractivity contribution in [3.05, 3.63) is 53.6 Å². The summed E-state index contributed by atoms with van der Waals surface area (Å²) in [7, 11) is 0. The first-order valence-corrected chi connectivity index (χ1v) is 8.91. The number of benzene rings is 1. The van der Waals surface area contributed by atoms with Crippen LogP contribution in [0.5, 0.6) is 5.75 Å². The van der Waals surface area contributed by atoms with Gasteiger partial charge in [0.2, 0.25) is 0 Å². The van der Waals surface area contributed by atoms with Gasteiger partial charge in [-0.15, -0.1) is 0 Å². The first kappa shape index (κ1) is 17.5. The number of nitrogens with zero attached hydrogens (tertiary/aromatic N) is 1. The maximum atomic E-state index is 14.1. The molecule has 4 nitrogen and oxygen atoms in total. The van der Waals surface area contributed by atoms with Crippen LogP contribution < -0.4 is 5.73 Å². The lowest BCUT2D eigenvalue weighted by atomic mass is 9.85. The zero-order chi connectivity index (χ0) is 18.0. The molecule has 1 aromatic rings. The van der Waals surface area contributed by atoms with Gasteiger partial charge in [-0.2, -0.15) is 0 Å². The van der Waals surface area contributed by atoms with E-state index in [1.165, 1.54) is 25.3 Å². The number of nitrogens with one attached hydrogen (secondary N) is 1. The van der Waals surface area contributed by atoms with Crippen molar-refractivity contribution in [1.82, 2.24) is 4.90 Å². The molecule has 2 fully saturated rings. The highest BCUT2D eigenvalue weighted by Gasteiger charge is 2.26. The van der Waals surface area contributed by atoms with Gasteiger partial charge in [0.05, 0.1) is 11.4 Å². The number of aromatic hydroxyl groups is 1. The van der Waals surface area contributed by atoms with Crippen LogP contribution in [-0.2, 0) is 6.54 Å². The third kappa shape index (κ3) is 4.41. The van der Waals surface area contributed by atoms with Gasteiger partial charge in [-0.25, -0.2) is 4.39 Å². The Hall–Kier alpha value is -2.30. The maximum absolute atomic E-state index is 14.1. The molecule has 25 heavy (non-hydrogen) atoms. The number of allylic oxidation sites excluding steroid dienone is 1. The van der Waals surface area contributed by atoms with Crippen LogP contribution in [0.25, 0.3) is 0 Å². The monoisotopic (exact) mass is 343 g/mol. The van der Waals surface area contributed by atoms with Gasteiger partial charge in [0.15, 0.2) is 0 Å². The number of hydrogen-bond acceptors (Lipinski definition) is 4. The first-order valence-electron chi connectivity index (χ1n) is 8.91. The number of nitrogens with two attached hydrogens (primary N) is 1. The first-order chi connectivity index (χ1) is 11.9. The van der Waals surface area contributed by atoms with E-state index in [1.54, 1.807) is 12.1 Å². The van der Waals surface area contributed by atoms with Crippen LogP contribution in [0.1, 0.15) is 37.7 Å². The summed E-state index contributed by atoms with van der Waals surface area (Å²) in [6, 6.07) is 4.21. The van der Waals surface area contributed by atoms with Crippen molar-refractivity contribution >= 4 is 5.71 Å². The molecule has 0 saturated heterocycles. The second-order valence-electron chi connectivity index (χ2n) is 7.23. The standard InChI is InChI=1S/C20H26FN3O/c1-13(19(22)10-20(23)15-5-6-15)24(11-14-3-2-4-14)12-16-7-8-17(25)9-18(16)21/h7-10,14-15,23,25H,1-6,11-12,22H2/b19-10-,23-20?. The molecule has 2 saturated carbocycles. The average molecular weight is 343 g/mol. The predicted molar refractivity (Wildman–Crippen MR) is 97.7 cm³/mol. The zero-order valence-electron chi connectivity index (χ0n) is 14.5. The van der Waals surface area contributed by atoms with Gasteiger partial charge in [-0.05, 0) is 43.7 Å². The Kier molecular flexibility index (Phi) is 5.11. The lowest BCUT2D eigenvalue weighted by Gasteiger charge is -2.35. The molecule has 0 spiro atoms. The third-order valence-electron chi connectivity index (χ3n) is 5.14. The lowest BCUT2D eigenvalue weighted by molar-refractivity contribution is 0.207.